The second-order valence-corrected chi connectivity index (χ2v) is 9.73. The summed E-state index contributed by atoms with van der Waals surface area (Å²) in [5.41, 5.74) is 5.72. The lowest BCUT2D eigenvalue weighted by Gasteiger charge is -2.37. The predicted octanol–water partition coefficient (Wildman–Crippen LogP) is 4.71. The van der Waals surface area contributed by atoms with Gasteiger partial charge in [-0.2, -0.15) is 15.5 Å². The minimum Gasteiger partial charge on any atom is -0.285 e. The quantitative estimate of drug-likeness (QED) is 0.376. The lowest BCUT2D eigenvalue weighted by Crippen LogP contribution is -2.42. The molecule has 2 aliphatic rings. The van der Waals surface area contributed by atoms with Crippen molar-refractivity contribution in [3.63, 3.8) is 0 Å². The summed E-state index contributed by atoms with van der Waals surface area (Å²) < 4.78 is 16.3. The molecule has 4 aromatic heterocycles. The fraction of sp³-hybridized carbons (Fsp3) is 0.296. The van der Waals surface area contributed by atoms with Gasteiger partial charge in [-0.1, -0.05) is 6.07 Å². The fourth-order valence-electron chi connectivity index (χ4n) is 6.28. The van der Waals surface area contributed by atoms with Crippen LogP contribution < -0.4 is 0 Å². The number of piperidine rings is 1. The summed E-state index contributed by atoms with van der Waals surface area (Å²) in [6.45, 7) is 0.512. The number of fused-ring (bicyclic) bond motifs is 4. The number of pyridine rings is 1. The van der Waals surface area contributed by atoms with E-state index in [0.29, 0.717) is 35.4 Å². The van der Waals surface area contributed by atoms with Crippen molar-refractivity contribution in [2.45, 2.75) is 43.7 Å². The summed E-state index contributed by atoms with van der Waals surface area (Å²) in [5, 5.41) is 21.8. The number of hydrogen-bond acceptors (Lipinski definition) is 6. The van der Waals surface area contributed by atoms with Crippen molar-refractivity contribution in [3.8, 4) is 28.5 Å². The molecule has 1 aromatic carbocycles. The van der Waals surface area contributed by atoms with Gasteiger partial charge in [-0.3, -0.25) is 15.0 Å². The van der Waals surface area contributed by atoms with E-state index in [1.54, 1.807) is 24.7 Å². The molecule has 8 nitrogen and oxygen atoms in total. The average molecular weight is 479 g/mol. The van der Waals surface area contributed by atoms with E-state index in [1.165, 1.54) is 6.07 Å². The van der Waals surface area contributed by atoms with E-state index in [-0.39, 0.29) is 5.82 Å². The van der Waals surface area contributed by atoms with Crippen molar-refractivity contribution in [2.24, 2.45) is 0 Å². The van der Waals surface area contributed by atoms with E-state index in [0.717, 1.165) is 59.4 Å². The highest BCUT2D eigenvalue weighted by molar-refractivity contribution is 5.98. The molecule has 2 fully saturated rings. The maximum absolute atomic E-state index is 14.3. The maximum atomic E-state index is 14.3. The molecule has 2 aliphatic heterocycles. The van der Waals surface area contributed by atoms with E-state index in [9.17, 15) is 9.65 Å². The van der Waals surface area contributed by atoms with E-state index < -0.39 is 0 Å². The Hall–Kier alpha value is -4.16. The van der Waals surface area contributed by atoms with Crippen molar-refractivity contribution in [2.75, 3.05) is 6.54 Å². The zero-order valence-electron chi connectivity index (χ0n) is 19.5. The highest BCUT2D eigenvalue weighted by atomic mass is 19.1. The van der Waals surface area contributed by atoms with E-state index >= 15 is 0 Å². The number of rotatable bonds is 4. The van der Waals surface area contributed by atoms with Gasteiger partial charge in [-0.25, -0.2) is 13.9 Å². The Labute approximate surface area is 206 Å². The molecule has 0 aliphatic carbocycles. The van der Waals surface area contributed by atoms with Gasteiger partial charge < -0.3 is 0 Å². The van der Waals surface area contributed by atoms with Gasteiger partial charge in [0.2, 0.25) is 0 Å². The van der Waals surface area contributed by atoms with Crippen molar-refractivity contribution in [3.05, 3.63) is 66.6 Å². The van der Waals surface area contributed by atoms with Crippen LogP contribution in [-0.4, -0.2) is 53.3 Å². The first-order valence-electron chi connectivity index (χ1n) is 12.2. The lowest BCUT2D eigenvalue weighted by atomic mass is 9.88. The Bertz CT molecular complexity index is 1630. The Kier molecular flexibility index (Phi) is 4.82. The molecule has 2 atom stereocenters. The van der Waals surface area contributed by atoms with Crippen LogP contribution in [0.3, 0.4) is 0 Å². The molecule has 0 spiro atoms. The van der Waals surface area contributed by atoms with Gasteiger partial charge in [0.25, 0.3) is 0 Å². The van der Waals surface area contributed by atoms with Crippen LogP contribution >= 0.6 is 0 Å². The molecule has 0 saturated carbocycles. The number of nitrogens with zero attached hydrogens (tertiary/aromatic N) is 7. The topological polar surface area (TPSA) is 98.8 Å². The number of aromatic amines is 1. The summed E-state index contributed by atoms with van der Waals surface area (Å²) in [6, 6.07) is 12.5. The summed E-state index contributed by atoms with van der Waals surface area (Å²) >= 11 is 0. The number of hydrogen-bond donors (Lipinski definition) is 1. The molecule has 0 radical (unpaired) electrons. The molecular formula is C27H23FN8. The largest absolute Gasteiger partial charge is 0.285 e. The van der Waals surface area contributed by atoms with Gasteiger partial charge in [-0.05, 0) is 49.4 Å². The first kappa shape index (κ1) is 21.1. The highest BCUT2D eigenvalue weighted by Crippen LogP contribution is 2.43. The molecule has 2 unspecified atom stereocenters. The molecule has 6 heterocycles. The van der Waals surface area contributed by atoms with Gasteiger partial charge in [-0.15, -0.1) is 0 Å². The smallest absolute Gasteiger partial charge is 0.155 e. The molecule has 1 N–H and O–H groups in total. The van der Waals surface area contributed by atoms with E-state index in [1.807, 2.05) is 22.8 Å². The fourth-order valence-corrected chi connectivity index (χ4v) is 6.28. The number of aromatic nitrogens is 6. The molecule has 178 valence electrons. The highest BCUT2D eigenvalue weighted by Gasteiger charge is 2.41. The monoisotopic (exact) mass is 478 g/mol. The summed E-state index contributed by atoms with van der Waals surface area (Å²) in [4.78, 5) is 11.3. The van der Waals surface area contributed by atoms with Crippen LogP contribution in [0.1, 0.15) is 37.3 Å². The van der Waals surface area contributed by atoms with Crippen LogP contribution in [0.15, 0.2) is 55.1 Å². The first-order valence-corrected chi connectivity index (χ1v) is 12.2. The first-order chi connectivity index (χ1) is 17.7. The van der Waals surface area contributed by atoms with Gasteiger partial charge in [0.15, 0.2) is 5.65 Å². The number of benzene rings is 1. The van der Waals surface area contributed by atoms with Gasteiger partial charge in [0.05, 0.1) is 24.5 Å². The Morgan fingerprint density at radius 1 is 1.03 bits per heavy atom. The molecule has 2 bridgehead atoms. The van der Waals surface area contributed by atoms with Crippen molar-refractivity contribution >= 4 is 16.6 Å². The van der Waals surface area contributed by atoms with Crippen LogP contribution in [0.2, 0.25) is 0 Å². The summed E-state index contributed by atoms with van der Waals surface area (Å²) in [7, 11) is 0. The Morgan fingerprint density at radius 3 is 2.72 bits per heavy atom. The van der Waals surface area contributed by atoms with Crippen LogP contribution in [0.4, 0.5) is 4.39 Å². The zero-order valence-corrected chi connectivity index (χ0v) is 19.5. The molecule has 7 rings (SSSR count). The summed E-state index contributed by atoms with van der Waals surface area (Å²) in [5.74, 6) is 0.0308. The second-order valence-electron chi connectivity index (χ2n) is 9.73. The second kappa shape index (κ2) is 8.21. The Balaban J connectivity index is 1.31. The molecular weight excluding hydrogens is 455 g/mol. The van der Waals surface area contributed by atoms with Gasteiger partial charge >= 0.3 is 0 Å². The van der Waals surface area contributed by atoms with Gasteiger partial charge in [0, 0.05) is 64.9 Å². The third-order valence-corrected chi connectivity index (χ3v) is 7.89. The molecule has 5 aromatic rings. The lowest BCUT2D eigenvalue weighted by molar-refractivity contribution is 0.142. The summed E-state index contributed by atoms with van der Waals surface area (Å²) in [6.07, 6.45) is 11.4. The normalized spacial score (nSPS) is 21.8. The number of nitrogens with one attached hydrogen (secondary N) is 1. The minimum atomic E-state index is -0.340. The standard InChI is InChI=1S/C27H23FN8/c28-23-4-3-19(22-15-32-33-27(22)23)21-14-30-8-5-20(21)24-13-26-31-9-6-25(36(26)34-24)16-11-17-1-2-18(12-16)35(17)10-7-29/h3-6,8-9,13-18H,1-2,10-12H2,(H,32,33). The van der Waals surface area contributed by atoms with Crippen LogP contribution in [0, 0.1) is 17.1 Å². The zero-order chi connectivity index (χ0) is 24.2. The number of H-pyrrole nitrogens is 1. The van der Waals surface area contributed by atoms with Crippen molar-refractivity contribution in [1.82, 2.24) is 34.7 Å². The molecule has 9 heteroatoms. The van der Waals surface area contributed by atoms with Crippen LogP contribution in [-0.2, 0) is 0 Å². The molecule has 2 saturated heterocycles. The van der Waals surface area contributed by atoms with Crippen LogP contribution in [0.25, 0.3) is 38.9 Å². The van der Waals surface area contributed by atoms with Crippen LogP contribution in [0.5, 0.6) is 0 Å². The maximum Gasteiger partial charge on any atom is 0.155 e. The third-order valence-electron chi connectivity index (χ3n) is 7.89. The Morgan fingerprint density at radius 2 is 1.89 bits per heavy atom. The number of nitriles is 1. The third kappa shape index (κ3) is 3.22. The SMILES string of the molecule is N#CCN1C2CCC1CC(c1ccnc3cc(-c4ccncc4-c4ccc(F)c5[nH]ncc45)nn13)C2. The molecule has 36 heavy (non-hydrogen) atoms. The van der Waals surface area contributed by atoms with Crippen molar-refractivity contribution < 1.29 is 4.39 Å². The molecule has 0 amide bonds. The van der Waals surface area contributed by atoms with Gasteiger partial charge in [0.1, 0.15) is 11.3 Å². The van der Waals surface area contributed by atoms with E-state index in [4.69, 9.17) is 5.10 Å². The predicted molar refractivity (Wildman–Crippen MR) is 132 cm³/mol. The average Bonchev–Trinajstić information content (AvgIpc) is 3.61. The minimum absolute atomic E-state index is 0.340. The van der Waals surface area contributed by atoms with Crippen molar-refractivity contribution in [1.29, 1.82) is 5.26 Å². The number of halogens is 1. The van der Waals surface area contributed by atoms with E-state index in [2.05, 4.69) is 37.2 Å².